The molecule has 0 aliphatic rings. The molecule has 2 N–H and O–H groups in total. The van der Waals surface area contributed by atoms with E-state index < -0.39 is 0 Å². The van der Waals surface area contributed by atoms with Crippen LogP contribution in [0.25, 0.3) is 5.69 Å². The lowest BCUT2D eigenvalue weighted by Gasteiger charge is -2.07. The van der Waals surface area contributed by atoms with Crippen molar-refractivity contribution < 1.29 is 4.79 Å². The van der Waals surface area contributed by atoms with Gasteiger partial charge >= 0.3 is 0 Å². The minimum Gasteiger partial charge on any atom is -0.326 e. The molecule has 2 rings (SSSR count). The number of carbonyl (C=O) groups is 1. The Morgan fingerprint density at radius 3 is 2.95 bits per heavy atom. The van der Waals surface area contributed by atoms with E-state index in [1.165, 1.54) is 0 Å². The number of amides is 1. The third-order valence-corrected chi connectivity index (χ3v) is 2.83. The van der Waals surface area contributed by atoms with E-state index in [9.17, 15) is 4.79 Å². The van der Waals surface area contributed by atoms with E-state index in [0.717, 1.165) is 24.3 Å². The Bertz CT molecular complexity index is 580. The molecule has 0 saturated heterocycles. The van der Waals surface area contributed by atoms with Crippen LogP contribution in [-0.2, 0) is 4.79 Å². The molecule has 20 heavy (non-hydrogen) atoms. The number of nitrogens with zero attached hydrogens (tertiary/aromatic N) is 4. The lowest BCUT2D eigenvalue weighted by molar-refractivity contribution is -0.116. The number of carbonyl (C=O) groups excluding carboxylic acids is 1. The molecule has 0 bridgehead atoms. The first kappa shape index (κ1) is 14.1. The Hall–Kier alpha value is -2.28. The first-order valence-electron chi connectivity index (χ1n) is 6.50. The molecule has 0 spiro atoms. The molecular weight excluding hydrogens is 256 g/mol. The van der Waals surface area contributed by atoms with Crippen molar-refractivity contribution in [1.82, 2.24) is 25.5 Å². The second kappa shape index (κ2) is 6.76. The van der Waals surface area contributed by atoms with Gasteiger partial charge in [0.2, 0.25) is 5.91 Å². The molecule has 0 aliphatic heterocycles. The lowest BCUT2D eigenvalue weighted by atomic mass is 10.2. The first-order valence-corrected chi connectivity index (χ1v) is 6.50. The Morgan fingerprint density at radius 1 is 1.40 bits per heavy atom. The molecule has 0 atom stereocenters. The minimum atomic E-state index is 0.00540. The molecule has 1 heterocycles. The summed E-state index contributed by atoms with van der Waals surface area (Å²) in [4.78, 5) is 11.8. The van der Waals surface area contributed by atoms with Crippen LogP contribution in [0, 0.1) is 6.92 Å². The smallest absolute Gasteiger partial charge is 0.224 e. The van der Waals surface area contributed by atoms with E-state index in [4.69, 9.17) is 0 Å². The molecule has 7 nitrogen and oxygen atoms in total. The predicted molar refractivity (Wildman–Crippen MR) is 75.7 cm³/mol. The van der Waals surface area contributed by atoms with Crippen molar-refractivity contribution in [3.63, 3.8) is 0 Å². The topological polar surface area (TPSA) is 84.7 Å². The third-order valence-electron chi connectivity index (χ3n) is 2.83. The van der Waals surface area contributed by atoms with E-state index in [2.05, 4.69) is 26.2 Å². The van der Waals surface area contributed by atoms with Gasteiger partial charge in [0.1, 0.15) is 0 Å². The largest absolute Gasteiger partial charge is 0.326 e. The average molecular weight is 274 g/mol. The normalized spacial score (nSPS) is 10.5. The Balaban J connectivity index is 2.03. The number of tetrazole rings is 1. The highest BCUT2D eigenvalue weighted by Crippen LogP contribution is 2.14. The summed E-state index contributed by atoms with van der Waals surface area (Å²) in [6, 6.07) is 7.44. The molecule has 0 saturated carbocycles. The summed E-state index contributed by atoms with van der Waals surface area (Å²) in [7, 11) is 1.87. The van der Waals surface area contributed by atoms with Crippen LogP contribution in [0.5, 0.6) is 0 Å². The van der Waals surface area contributed by atoms with Crippen molar-refractivity contribution in [3.8, 4) is 5.69 Å². The molecule has 106 valence electrons. The standard InChI is InChI=1S/C13H18N6O/c1-10-16-17-18-19(10)12-6-3-5-11(9-12)15-13(20)7-4-8-14-2/h3,5-6,9,14H,4,7-8H2,1-2H3,(H,15,20). The predicted octanol–water partition coefficient (Wildman–Crippen LogP) is 0.909. The highest BCUT2D eigenvalue weighted by Gasteiger charge is 2.06. The number of hydrogen-bond donors (Lipinski definition) is 2. The summed E-state index contributed by atoms with van der Waals surface area (Å²) in [5.41, 5.74) is 1.56. The zero-order valence-electron chi connectivity index (χ0n) is 11.6. The van der Waals surface area contributed by atoms with Crippen molar-refractivity contribution in [2.24, 2.45) is 0 Å². The van der Waals surface area contributed by atoms with Gasteiger partial charge in [-0.3, -0.25) is 4.79 Å². The fraction of sp³-hybridized carbons (Fsp3) is 0.385. The van der Waals surface area contributed by atoms with Gasteiger partial charge in [0.25, 0.3) is 0 Å². The van der Waals surface area contributed by atoms with Gasteiger partial charge in [-0.2, -0.15) is 4.68 Å². The van der Waals surface area contributed by atoms with Crippen molar-refractivity contribution in [2.45, 2.75) is 19.8 Å². The van der Waals surface area contributed by atoms with Crippen LogP contribution in [0.2, 0.25) is 0 Å². The molecule has 0 fully saturated rings. The maximum absolute atomic E-state index is 11.8. The molecule has 0 unspecified atom stereocenters. The van der Waals surface area contributed by atoms with Crippen LogP contribution in [0.1, 0.15) is 18.7 Å². The van der Waals surface area contributed by atoms with E-state index in [-0.39, 0.29) is 5.91 Å². The summed E-state index contributed by atoms with van der Waals surface area (Å²) >= 11 is 0. The summed E-state index contributed by atoms with van der Waals surface area (Å²) < 4.78 is 1.62. The summed E-state index contributed by atoms with van der Waals surface area (Å²) in [6.45, 7) is 2.65. The lowest BCUT2D eigenvalue weighted by Crippen LogP contribution is -2.15. The second-order valence-corrected chi connectivity index (χ2v) is 4.44. The first-order chi connectivity index (χ1) is 9.70. The van der Waals surface area contributed by atoms with Crippen LogP contribution in [0.3, 0.4) is 0 Å². The zero-order chi connectivity index (χ0) is 14.4. The van der Waals surface area contributed by atoms with Crippen LogP contribution in [0.15, 0.2) is 24.3 Å². The van der Waals surface area contributed by atoms with Crippen molar-refractivity contribution >= 4 is 11.6 Å². The minimum absolute atomic E-state index is 0.00540. The van der Waals surface area contributed by atoms with Gasteiger partial charge in [0, 0.05) is 12.1 Å². The fourth-order valence-electron chi connectivity index (χ4n) is 1.83. The highest BCUT2D eigenvalue weighted by molar-refractivity contribution is 5.90. The number of aromatic nitrogens is 4. The zero-order valence-corrected chi connectivity index (χ0v) is 11.6. The monoisotopic (exact) mass is 274 g/mol. The van der Waals surface area contributed by atoms with Crippen LogP contribution in [0.4, 0.5) is 5.69 Å². The summed E-state index contributed by atoms with van der Waals surface area (Å²) in [5, 5.41) is 17.2. The number of anilines is 1. The van der Waals surface area contributed by atoms with E-state index in [0.29, 0.717) is 12.2 Å². The third kappa shape index (κ3) is 3.61. The van der Waals surface area contributed by atoms with Gasteiger partial charge < -0.3 is 10.6 Å². The van der Waals surface area contributed by atoms with Crippen molar-refractivity contribution in [1.29, 1.82) is 0 Å². The Morgan fingerprint density at radius 2 is 2.25 bits per heavy atom. The number of rotatable bonds is 6. The van der Waals surface area contributed by atoms with Gasteiger partial charge in [0.15, 0.2) is 5.82 Å². The maximum Gasteiger partial charge on any atom is 0.224 e. The van der Waals surface area contributed by atoms with Crippen molar-refractivity contribution in [3.05, 3.63) is 30.1 Å². The quantitative estimate of drug-likeness (QED) is 0.765. The summed E-state index contributed by atoms with van der Waals surface area (Å²) in [6.07, 6.45) is 1.31. The van der Waals surface area contributed by atoms with Gasteiger partial charge in [0.05, 0.1) is 5.69 Å². The van der Waals surface area contributed by atoms with Crippen LogP contribution < -0.4 is 10.6 Å². The van der Waals surface area contributed by atoms with Crippen LogP contribution in [-0.4, -0.2) is 39.7 Å². The van der Waals surface area contributed by atoms with E-state index in [1.807, 2.05) is 38.2 Å². The molecule has 7 heteroatoms. The SMILES string of the molecule is CNCCCC(=O)Nc1cccc(-n2nnnc2C)c1. The molecule has 2 aromatic rings. The molecule has 1 aromatic heterocycles. The molecule has 0 radical (unpaired) electrons. The van der Waals surface area contributed by atoms with Crippen molar-refractivity contribution in [2.75, 3.05) is 18.9 Å². The molecule has 1 amide bonds. The highest BCUT2D eigenvalue weighted by atomic mass is 16.1. The Labute approximate surface area is 117 Å². The Kier molecular flexibility index (Phi) is 4.78. The van der Waals surface area contributed by atoms with Gasteiger partial charge in [-0.1, -0.05) is 6.07 Å². The maximum atomic E-state index is 11.8. The van der Waals surface area contributed by atoms with Gasteiger partial charge in [-0.05, 0) is 55.6 Å². The summed E-state index contributed by atoms with van der Waals surface area (Å²) in [5.74, 6) is 0.702. The molecule has 0 aliphatic carbocycles. The van der Waals surface area contributed by atoms with Crippen LogP contribution >= 0.6 is 0 Å². The van der Waals surface area contributed by atoms with E-state index >= 15 is 0 Å². The number of nitrogens with one attached hydrogen (secondary N) is 2. The number of benzene rings is 1. The van der Waals surface area contributed by atoms with Gasteiger partial charge in [-0.25, -0.2) is 0 Å². The second-order valence-electron chi connectivity index (χ2n) is 4.44. The average Bonchev–Trinajstić information content (AvgIpc) is 2.85. The fourth-order valence-corrected chi connectivity index (χ4v) is 1.83. The number of hydrogen-bond acceptors (Lipinski definition) is 5. The molecular formula is C13H18N6O. The van der Waals surface area contributed by atoms with Gasteiger partial charge in [-0.15, -0.1) is 5.10 Å². The molecule has 1 aromatic carbocycles. The van der Waals surface area contributed by atoms with E-state index in [1.54, 1.807) is 4.68 Å². The number of aryl methyl sites for hydroxylation is 1.